The third-order valence-corrected chi connectivity index (χ3v) is 4.57. The Balaban J connectivity index is 2.10. The highest BCUT2D eigenvalue weighted by Crippen LogP contribution is 2.35. The maximum atomic E-state index is 13.1. The summed E-state index contributed by atoms with van der Waals surface area (Å²) in [6.45, 7) is 3.76. The van der Waals surface area contributed by atoms with E-state index in [1.165, 1.54) is 18.2 Å². The van der Waals surface area contributed by atoms with Gasteiger partial charge < -0.3 is 15.1 Å². The molecule has 0 radical (unpaired) electrons. The van der Waals surface area contributed by atoms with Gasteiger partial charge in [0.1, 0.15) is 5.82 Å². The molecule has 1 heterocycles. The molecule has 1 saturated heterocycles. The monoisotopic (exact) mass is 377 g/mol. The van der Waals surface area contributed by atoms with Crippen molar-refractivity contribution in [3.63, 3.8) is 0 Å². The summed E-state index contributed by atoms with van der Waals surface area (Å²) in [6.07, 6.45) is 1.36. The van der Waals surface area contributed by atoms with Crippen molar-refractivity contribution in [2.75, 3.05) is 0 Å². The van der Waals surface area contributed by atoms with Gasteiger partial charge in [-0.1, -0.05) is 18.2 Å². The van der Waals surface area contributed by atoms with Crippen molar-refractivity contribution in [1.29, 1.82) is 0 Å². The number of carboxylic acid groups (broad SMARTS) is 1. The summed E-state index contributed by atoms with van der Waals surface area (Å²) < 4.78 is 13.1. The van der Waals surface area contributed by atoms with Gasteiger partial charge in [-0.2, -0.15) is 0 Å². The Hall–Kier alpha value is -2.54. The van der Waals surface area contributed by atoms with Gasteiger partial charge in [0.25, 0.3) is 0 Å². The number of ketones is 1. The molecular formula is C20H24FNO5. The Kier molecular flexibility index (Phi) is 6.85. The number of halogens is 1. The molecule has 146 valence electrons. The zero-order valence-corrected chi connectivity index (χ0v) is 15.3. The first-order valence-electron chi connectivity index (χ1n) is 8.87. The zero-order valence-electron chi connectivity index (χ0n) is 15.3. The van der Waals surface area contributed by atoms with Gasteiger partial charge in [-0.25, -0.2) is 4.39 Å². The van der Waals surface area contributed by atoms with Crippen LogP contribution in [0.3, 0.4) is 0 Å². The summed E-state index contributed by atoms with van der Waals surface area (Å²) in [4.78, 5) is 37.0. The third-order valence-electron chi connectivity index (χ3n) is 4.57. The van der Waals surface area contributed by atoms with Crippen molar-refractivity contribution in [3.05, 3.63) is 47.8 Å². The summed E-state index contributed by atoms with van der Waals surface area (Å²) in [5.74, 6) is -2.43. The lowest BCUT2D eigenvalue weighted by Crippen LogP contribution is -2.38. The lowest BCUT2D eigenvalue weighted by Gasteiger charge is -2.26. The second-order valence-electron chi connectivity index (χ2n) is 7.03. The molecule has 1 fully saturated rings. The average Bonchev–Trinajstić information content (AvgIpc) is 2.89. The van der Waals surface area contributed by atoms with Crippen molar-refractivity contribution in [2.45, 2.75) is 57.2 Å². The van der Waals surface area contributed by atoms with Gasteiger partial charge in [-0.15, -0.1) is 0 Å². The van der Waals surface area contributed by atoms with Crippen LogP contribution in [-0.4, -0.2) is 51.0 Å². The summed E-state index contributed by atoms with van der Waals surface area (Å²) in [6, 6.07) is 5.45. The van der Waals surface area contributed by atoms with Crippen LogP contribution in [0.15, 0.2) is 36.4 Å². The van der Waals surface area contributed by atoms with Crippen molar-refractivity contribution in [1.82, 2.24) is 4.90 Å². The molecule has 2 N–H and O–H groups in total. The number of aliphatic carboxylic acids is 1. The highest BCUT2D eigenvalue weighted by atomic mass is 19.1. The number of carbonyl (C=O) groups excluding carboxylic acids is 2. The highest BCUT2D eigenvalue weighted by Gasteiger charge is 2.40. The van der Waals surface area contributed by atoms with Crippen molar-refractivity contribution < 1.29 is 29.0 Å². The van der Waals surface area contributed by atoms with Gasteiger partial charge in [0.15, 0.2) is 5.78 Å². The zero-order chi connectivity index (χ0) is 20.1. The number of hydrogen-bond donors (Lipinski definition) is 2. The summed E-state index contributed by atoms with van der Waals surface area (Å²) in [5, 5.41) is 18.2. The molecule has 0 aromatic heterocycles. The number of rotatable bonds is 8. The van der Waals surface area contributed by atoms with Gasteiger partial charge >= 0.3 is 5.97 Å². The number of nitrogens with zero attached hydrogens (tertiary/aromatic N) is 1. The van der Waals surface area contributed by atoms with Crippen LogP contribution in [0.4, 0.5) is 4.39 Å². The third kappa shape index (κ3) is 5.47. The molecule has 6 nitrogen and oxygen atoms in total. The Labute approximate surface area is 157 Å². The van der Waals surface area contributed by atoms with Gasteiger partial charge in [0.2, 0.25) is 5.91 Å². The summed E-state index contributed by atoms with van der Waals surface area (Å²) in [5.41, 5.74) is 0.728. The summed E-state index contributed by atoms with van der Waals surface area (Å²) in [7, 11) is 0. The smallest absolute Gasteiger partial charge is 0.305 e. The van der Waals surface area contributed by atoms with Crippen LogP contribution in [0.25, 0.3) is 0 Å². The van der Waals surface area contributed by atoms with Crippen LogP contribution >= 0.6 is 0 Å². The number of allylic oxidation sites excluding steroid dienone is 1. The molecule has 1 aromatic rings. The minimum absolute atomic E-state index is 0.0784. The lowest BCUT2D eigenvalue weighted by atomic mass is 9.95. The first kappa shape index (κ1) is 20.8. The van der Waals surface area contributed by atoms with E-state index in [1.807, 2.05) is 13.8 Å². The van der Waals surface area contributed by atoms with Crippen LogP contribution in [0.5, 0.6) is 0 Å². The molecule has 0 saturated carbocycles. The second-order valence-corrected chi connectivity index (χ2v) is 7.03. The van der Waals surface area contributed by atoms with E-state index in [0.29, 0.717) is 6.42 Å². The second kappa shape index (κ2) is 8.90. The van der Waals surface area contributed by atoms with Crippen LogP contribution < -0.4 is 0 Å². The van der Waals surface area contributed by atoms with Gasteiger partial charge in [-0.05, 0) is 44.0 Å². The average molecular weight is 377 g/mol. The van der Waals surface area contributed by atoms with E-state index in [-0.39, 0.29) is 30.2 Å². The maximum absolute atomic E-state index is 13.1. The molecule has 2 rings (SSSR count). The van der Waals surface area contributed by atoms with E-state index in [0.717, 1.165) is 5.56 Å². The molecular weight excluding hydrogens is 353 g/mol. The molecule has 0 bridgehead atoms. The lowest BCUT2D eigenvalue weighted by molar-refractivity contribution is -0.139. The molecule has 0 spiro atoms. The Bertz CT molecular complexity index is 728. The van der Waals surface area contributed by atoms with E-state index < -0.39 is 30.2 Å². The van der Waals surface area contributed by atoms with Gasteiger partial charge in [0.05, 0.1) is 24.5 Å². The SMILES string of the molecule is CC(C)N1C(=O)[C@@H](c2ccc(F)cc2)C[C@H]1/C=C/C(=O)C[C@@H](O)CC(=O)O. The summed E-state index contributed by atoms with van der Waals surface area (Å²) >= 11 is 0. The van der Waals surface area contributed by atoms with Crippen molar-refractivity contribution in [3.8, 4) is 0 Å². The number of hydrogen-bond acceptors (Lipinski definition) is 4. The molecule has 0 unspecified atom stereocenters. The first-order valence-corrected chi connectivity index (χ1v) is 8.87. The van der Waals surface area contributed by atoms with E-state index in [2.05, 4.69) is 0 Å². The predicted molar refractivity (Wildman–Crippen MR) is 96.6 cm³/mol. The number of aliphatic hydroxyl groups is 1. The molecule has 3 atom stereocenters. The molecule has 7 heteroatoms. The van der Waals surface area contributed by atoms with E-state index >= 15 is 0 Å². The van der Waals surface area contributed by atoms with Gasteiger partial charge in [0, 0.05) is 12.5 Å². The van der Waals surface area contributed by atoms with E-state index in [9.17, 15) is 23.9 Å². The van der Waals surface area contributed by atoms with Crippen LogP contribution in [0, 0.1) is 5.82 Å². The maximum Gasteiger partial charge on any atom is 0.305 e. The minimum atomic E-state index is -1.24. The van der Waals surface area contributed by atoms with E-state index in [4.69, 9.17) is 5.11 Å². The van der Waals surface area contributed by atoms with Crippen LogP contribution in [0.1, 0.15) is 44.6 Å². The number of likely N-dealkylation sites (tertiary alicyclic amines) is 1. The Morgan fingerprint density at radius 1 is 1.26 bits per heavy atom. The Morgan fingerprint density at radius 3 is 2.44 bits per heavy atom. The normalized spacial score (nSPS) is 21.2. The van der Waals surface area contributed by atoms with Crippen LogP contribution in [0.2, 0.25) is 0 Å². The first-order chi connectivity index (χ1) is 12.7. The van der Waals surface area contributed by atoms with Crippen molar-refractivity contribution in [2.24, 2.45) is 0 Å². The topological polar surface area (TPSA) is 94.9 Å². The van der Waals surface area contributed by atoms with Gasteiger partial charge in [-0.3, -0.25) is 14.4 Å². The number of carbonyl (C=O) groups is 3. The number of amides is 1. The Morgan fingerprint density at radius 2 is 1.89 bits per heavy atom. The predicted octanol–water partition coefficient (Wildman–Crippen LogP) is 2.27. The standard InChI is InChI=1S/C20H24FNO5/c1-12(2)22-15(7-8-16(23)10-17(24)11-19(25)26)9-18(20(22)27)13-3-5-14(21)6-4-13/h3-8,12,15,17-18,24H,9-11H2,1-2H3,(H,25,26)/b8-7+/t15-,17-,18-/m1/s1. The van der Waals surface area contributed by atoms with E-state index in [1.54, 1.807) is 23.1 Å². The quantitative estimate of drug-likeness (QED) is 0.678. The van der Waals surface area contributed by atoms with Crippen molar-refractivity contribution >= 4 is 17.7 Å². The number of carboxylic acids is 1. The minimum Gasteiger partial charge on any atom is -0.481 e. The number of aliphatic hydroxyl groups excluding tert-OH is 1. The fraction of sp³-hybridized carbons (Fsp3) is 0.450. The fourth-order valence-corrected chi connectivity index (χ4v) is 3.37. The fourth-order valence-electron chi connectivity index (χ4n) is 3.37. The molecule has 1 amide bonds. The molecule has 1 aromatic carbocycles. The highest BCUT2D eigenvalue weighted by molar-refractivity contribution is 5.91. The molecule has 27 heavy (non-hydrogen) atoms. The van der Waals surface area contributed by atoms with Crippen LogP contribution in [-0.2, 0) is 14.4 Å². The largest absolute Gasteiger partial charge is 0.481 e. The molecule has 1 aliphatic heterocycles. The number of benzene rings is 1. The molecule has 0 aliphatic carbocycles. The molecule has 1 aliphatic rings.